The molecule has 3 heteroatoms. The van der Waals surface area contributed by atoms with Crippen LogP contribution >= 0.6 is 0 Å². The minimum Gasteiger partial charge on any atom is -0.492 e. The third-order valence-electron chi connectivity index (χ3n) is 1.85. The van der Waals surface area contributed by atoms with E-state index in [4.69, 9.17) is 10.5 Å². The van der Waals surface area contributed by atoms with Crippen LogP contribution in [-0.4, -0.2) is 26.7 Å². The lowest BCUT2D eigenvalue weighted by Crippen LogP contribution is -2.23. The monoisotopic (exact) mass is 194 g/mol. The van der Waals surface area contributed by atoms with Crippen LogP contribution in [0.25, 0.3) is 0 Å². The maximum atomic E-state index is 5.60. The summed E-state index contributed by atoms with van der Waals surface area (Å²) in [6.45, 7) is 2.48. The Labute approximate surface area is 85.5 Å². The van der Waals surface area contributed by atoms with Crippen LogP contribution in [0.3, 0.4) is 0 Å². The fourth-order valence-corrected chi connectivity index (χ4v) is 1.08. The molecule has 14 heavy (non-hydrogen) atoms. The topological polar surface area (TPSA) is 38.5 Å². The van der Waals surface area contributed by atoms with Gasteiger partial charge in [0.25, 0.3) is 0 Å². The number of ether oxygens (including phenoxy) is 1. The molecule has 78 valence electrons. The number of benzene rings is 1. The van der Waals surface area contributed by atoms with Crippen molar-refractivity contribution in [1.82, 2.24) is 0 Å². The third-order valence-corrected chi connectivity index (χ3v) is 1.85. The van der Waals surface area contributed by atoms with Gasteiger partial charge in [0.05, 0.1) is 0 Å². The molecule has 0 aliphatic rings. The van der Waals surface area contributed by atoms with Crippen molar-refractivity contribution in [3.8, 4) is 5.75 Å². The Morgan fingerprint density at radius 2 is 2.14 bits per heavy atom. The Morgan fingerprint density at radius 1 is 1.43 bits per heavy atom. The summed E-state index contributed by atoms with van der Waals surface area (Å²) in [4.78, 5) is 2.04. The second kappa shape index (κ2) is 4.86. The summed E-state index contributed by atoms with van der Waals surface area (Å²) >= 11 is 0. The molecule has 0 heterocycles. The number of hydrogen-bond donors (Lipinski definition) is 1. The molecule has 0 fully saturated rings. The van der Waals surface area contributed by atoms with Crippen molar-refractivity contribution in [3.63, 3.8) is 0 Å². The van der Waals surface area contributed by atoms with Gasteiger partial charge in [0.2, 0.25) is 0 Å². The first-order valence-corrected chi connectivity index (χ1v) is 4.75. The van der Waals surface area contributed by atoms with E-state index in [1.807, 2.05) is 50.2 Å². The number of anilines is 1. The van der Waals surface area contributed by atoms with Crippen molar-refractivity contribution in [3.05, 3.63) is 24.3 Å². The van der Waals surface area contributed by atoms with Gasteiger partial charge in [-0.25, -0.2) is 0 Å². The summed E-state index contributed by atoms with van der Waals surface area (Å²) in [6.07, 6.45) is 0. The molecule has 1 rings (SSSR count). The highest BCUT2D eigenvalue weighted by atomic mass is 16.5. The second-order valence-electron chi connectivity index (χ2n) is 3.68. The molecule has 0 spiro atoms. The lowest BCUT2D eigenvalue weighted by molar-refractivity contribution is 0.296. The van der Waals surface area contributed by atoms with Crippen LogP contribution in [0.5, 0.6) is 5.75 Å². The van der Waals surface area contributed by atoms with Gasteiger partial charge in [0.1, 0.15) is 12.4 Å². The van der Waals surface area contributed by atoms with Crippen molar-refractivity contribution in [2.45, 2.75) is 13.0 Å². The summed E-state index contributed by atoms with van der Waals surface area (Å²) in [5, 5.41) is 0. The second-order valence-corrected chi connectivity index (χ2v) is 3.68. The SMILES string of the molecule is C[C@H](N)COc1cccc(N(C)C)c1. The standard InChI is InChI=1S/C11H18N2O/c1-9(12)8-14-11-6-4-5-10(7-11)13(2)3/h4-7,9H,8,12H2,1-3H3/t9-/m0/s1. The largest absolute Gasteiger partial charge is 0.492 e. The van der Waals surface area contributed by atoms with E-state index < -0.39 is 0 Å². The van der Waals surface area contributed by atoms with E-state index in [1.165, 1.54) is 0 Å². The molecule has 0 bridgehead atoms. The van der Waals surface area contributed by atoms with Gasteiger partial charge in [0.15, 0.2) is 0 Å². The van der Waals surface area contributed by atoms with Crippen LogP contribution in [0, 0.1) is 0 Å². The van der Waals surface area contributed by atoms with E-state index in [0.29, 0.717) is 6.61 Å². The molecule has 3 nitrogen and oxygen atoms in total. The smallest absolute Gasteiger partial charge is 0.121 e. The van der Waals surface area contributed by atoms with Gasteiger partial charge in [-0.2, -0.15) is 0 Å². The van der Waals surface area contributed by atoms with E-state index >= 15 is 0 Å². The number of nitrogens with zero attached hydrogens (tertiary/aromatic N) is 1. The minimum absolute atomic E-state index is 0.0676. The zero-order valence-corrected chi connectivity index (χ0v) is 9.03. The molecule has 0 amide bonds. The van der Waals surface area contributed by atoms with E-state index in [1.54, 1.807) is 0 Å². The molecule has 2 N–H and O–H groups in total. The van der Waals surface area contributed by atoms with Crippen LogP contribution in [0.2, 0.25) is 0 Å². The summed E-state index contributed by atoms with van der Waals surface area (Å²) in [5.41, 5.74) is 6.73. The average molecular weight is 194 g/mol. The van der Waals surface area contributed by atoms with Crippen LogP contribution in [0.15, 0.2) is 24.3 Å². The fraction of sp³-hybridized carbons (Fsp3) is 0.455. The van der Waals surface area contributed by atoms with E-state index in [0.717, 1.165) is 11.4 Å². The molecule has 0 saturated heterocycles. The molecular formula is C11H18N2O. The van der Waals surface area contributed by atoms with Gasteiger partial charge in [-0.05, 0) is 19.1 Å². The highest BCUT2D eigenvalue weighted by Crippen LogP contribution is 2.19. The molecule has 0 aromatic heterocycles. The van der Waals surface area contributed by atoms with Gasteiger partial charge < -0.3 is 15.4 Å². The highest BCUT2D eigenvalue weighted by Gasteiger charge is 1.99. The average Bonchev–Trinajstić information content (AvgIpc) is 2.15. The van der Waals surface area contributed by atoms with Gasteiger partial charge in [-0.3, -0.25) is 0 Å². The zero-order chi connectivity index (χ0) is 10.6. The molecule has 1 atom stereocenters. The van der Waals surface area contributed by atoms with Crippen LogP contribution in [0.1, 0.15) is 6.92 Å². The number of hydrogen-bond acceptors (Lipinski definition) is 3. The summed E-state index contributed by atoms with van der Waals surface area (Å²) in [7, 11) is 4.01. The molecular weight excluding hydrogens is 176 g/mol. The molecule has 0 radical (unpaired) electrons. The highest BCUT2D eigenvalue weighted by molar-refractivity contribution is 5.49. The minimum atomic E-state index is 0.0676. The van der Waals surface area contributed by atoms with Gasteiger partial charge in [-0.1, -0.05) is 6.07 Å². The predicted molar refractivity (Wildman–Crippen MR) is 59.9 cm³/mol. The van der Waals surface area contributed by atoms with Crippen molar-refractivity contribution in [2.75, 3.05) is 25.6 Å². The van der Waals surface area contributed by atoms with Gasteiger partial charge >= 0.3 is 0 Å². The Hall–Kier alpha value is -1.22. The maximum Gasteiger partial charge on any atom is 0.121 e. The first-order valence-electron chi connectivity index (χ1n) is 4.75. The maximum absolute atomic E-state index is 5.60. The van der Waals surface area contributed by atoms with Gasteiger partial charge in [-0.15, -0.1) is 0 Å². The van der Waals surface area contributed by atoms with Crippen molar-refractivity contribution < 1.29 is 4.74 Å². The molecule has 0 saturated carbocycles. The van der Waals surface area contributed by atoms with Crippen molar-refractivity contribution in [1.29, 1.82) is 0 Å². The predicted octanol–water partition coefficient (Wildman–Crippen LogP) is 1.48. The van der Waals surface area contributed by atoms with Crippen molar-refractivity contribution >= 4 is 5.69 Å². The lowest BCUT2D eigenvalue weighted by Gasteiger charge is -2.14. The van der Waals surface area contributed by atoms with E-state index in [9.17, 15) is 0 Å². The Morgan fingerprint density at radius 3 is 2.71 bits per heavy atom. The molecule has 1 aromatic carbocycles. The Kier molecular flexibility index (Phi) is 3.77. The van der Waals surface area contributed by atoms with Gasteiger partial charge in [0, 0.05) is 31.9 Å². The third kappa shape index (κ3) is 3.26. The normalized spacial score (nSPS) is 12.3. The van der Waals surface area contributed by atoms with Crippen LogP contribution < -0.4 is 15.4 Å². The molecule has 1 aromatic rings. The lowest BCUT2D eigenvalue weighted by atomic mass is 10.3. The summed E-state index contributed by atoms with van der Waals surface area (Å²) in [5.74, 6) is 0.869. The first-order chi connectivity index (χ1) is 6.59. The Balaban J connectivity index is 2.64. The van der Waals surface area contributed by atoms with Crippen LogP contribution in [-0.2, 0) is 0 Å². The fourth-order valence-electron chi connectivity index (χ4n) is 1.08. The molecule has 0 unspecified atom stereocenters. The van der Waals surface area contributed by atoms with Crippen molar-refractivity contribution in [2.24, 2.45) is 5.73 Å². The zero-order valence-electron chi connectivity index (χ0n) is 9.03. The summed E-state index contributed by atoms with van der Waals surface area (Å²) in [6, 6.07) is 8.03. The summed E-state index contributed by atoms with van der Waals surface area (Å²) < 4.78 is 5.51. The number of nitrogens with two attached hydrogens (primary N) is 1. The number of rotatable bonds is 4. The quantitative estimate of drug-likeness (QED) is 0.789. The van der Waals surface area contributed by atoms with E-state index in [2.05, 4.69) is 0 Å². The molecule has 0 aliphatic carbocycles. The van der Waals surface area contributed by atoms with E-state index in [-0.39, 0.29) is 6.04 Å². The van der Waals surface area contributed by atoms with Crippen LogP contribution in [0.4, 0.5) is 5.69 Å². The Bertz CT molecular complexity index is 284. The first kappa shape index (κ1) is 10.9. The molecule has 0 aliphatic heterocycles.